The smallest absolute Gasteiger partial charge is 0.124 e. The molecule has 44 valence electrons. The summed E-state index contributed by atoms with van der Waals surface area (Å²) < 4.78 is 0.000000000000000222. The van der Waals surface area contributed by atoms with Crippen LogP contribution in [0.2, 0.25) is 0 Å². The van der Waals surface area contributed by atoms with Crippen LogP contribution in [-0.4, -0.2) is 16.6 Å². The van der Waals surface area contributed by atoms with E-state index in [0.717, 1.165) is 0 Å². The average molecular weight is 143 g/mol. The Labute approximate surface area is 54.6 Å². The molecule has 0 fully saturated rings. The molecule has 0 aromatic rings. The molecule has 3 heteroatoms. The lowest BCUT2D eigenvalue weighted by Crippen LogP contribution is -2.29. The van der Waals surface area contributed by atoms with Crippen molar-refractivity contribution in [3.05, 3.63) is 0 Å². The average Bonchev–Trinajstić information content (AvgIpc) is 1.31. The van der Waals surface area contributed by atoms with E-state index in [0.29, 0.717) is 0 Å². The zero-order valence-electron chi connectivity index (χ0n) is 4.78. The molecule has 0 aliphatic heterocycles. The molecule has 0 radical (unpaired) electrons. The number of halogens is 2. The Morgan fingerprint density at radius 1 is 1.29 bits per heavy atom. The maximum absolute atomic E-state index is 5.57. The van der Waals surface area contributed by atoms with Gasteiger partial charge in [0, 0.05) is 0 Å². The van der Waals surface area contributed by atoms with Crippen molar-refractivity contribution in [3.63, 3.8) is 0 Å². The third kappa shape index (κ3) is 3.15. The fourth-order valence-corrected chi connectivity index (χ4v) is 0. The van der Waals surface area contributed by atoms with Crippen molar-refractivity contribution in [2.75, 3.05) is 7.05 Å². The minimum absolute atomic E-state index is 0.000000000000000222. The Morgan fingerprint density at radius 3 is 1.43 bits per heavy atom. The van der Waals surface area contributed by atoms with Crippen molar-refractivity contribution in [3.8, 4) is 0 Å². The van der Waals surface area contributed by atoms with E-state index >= 15 is 0 Å². The van der Waals surface area contributed by atoms with Crippen molar-refractivity contribution in [1.82, 2.24) is 0 Å². The summed E-state index contributed by atoms with van der Waals surface area (Å²) in [6.07, 6.45) is 0. The van der Waals surface area contributed by atoms with Crippen LogP contribution in [-0.2, 0) is 0 Å². The summed E-state index contributed by atoms with van der Waals surface area (Å²) in [5.74, 6) is 0. The molecule has 0 atom stereocenters. The maximum Gasteiger partial charge on any atom is 0.186 e. The molecule has 0 bridgehead atoms. The summed E-state index contributed by atoms with van der Waals surface area (Å²) in [5.41, 5.74) is 0. The lowest BCUT2D eigenvalue weighted by Gasteiger charge is -2.16. The van der Waals surface area contributed by atoms with Crippen molar-refractivity contribution < 1.29 is 3.52 Å². The van der Waals surface area contributed by atoms with Crippen LogP contribution < -0.4 is 0 Å². The summed E-state index contributed by atoms with van der Waals surface area (Å²) in [6, 6.07) is 0.267. The van der Waals surface area contributed by atoms with E-state index in [9.17, 15) is 0 Å². The maximum atomic E-state index is 5.57. The van der Waals surface area contributed by atoms with Crippen molar-refractivity contribution in [1.29, 1.82) is 0 Å². The number of rotatable bonds is 1. The molecule has 0 heterocycles. The molecule has 0 rings (SSSR count). The van der Waals surface area contributed by atoms with Crippen LogP contribution >= 0.6 is 23.6 Å². The molecule has 0 saturated heterocycles. The predicted octanol–water partition coefficient (Wildman–Crippen LogP) is 2.15. The lowest BCUT2D eigenvalue weighted by atomic mass is 10.4. The molecule has 0 spiro atoms. The van der Waals surface area contributed by atoms with Gasteiger partial charge in [0.15, 0.2) is 23.6 Å². The highest BCUT2D eigenvalue weighted by Crippen LogP contribution is 2.17. The van der Waals surface area contributed by atoms with Gasteiger partial charge in [0.05, 0.1) is 0 Å². The number of quaternary nitrogens is 1. The van der Waals surface area contributed by atoms with E-state index in [1.807, 2.05) is 13.8 Å². The Morgan fingerprint density at radius 2 is 1.43 bits per heavy atom. The van der Waals surface area contributed by atoms with Gasteiger partial charge in [0.25, 0.3) is 0 Å². The van der Waals surface area contributed by atoms with Crippen molar-refractivity contribution >= 4 is 23.6 Å². The molecule has 0 unspecified atom stereocenters. The van der Waals surface area contributed by atoms with Gasteiger partial charge in [-0.3, -0.25) is 0 Å². The standard InChI is InChI=1S/C4H10Cl2N/c1-4(2)7(3,5)6/h4H,1-3H3/q+1. The number of hydrogen-bond donors (Lipinski definition) is 0. The largest absolute Gasteiger partial charge is 0.186 e. The van der Waals surface area contributed by atoms with E-state index in [1.54, 1.807) is 7.05 Å². The van der Waals surface area contributed by atoms with Crippen LogP contribution in [0.1, 0.15) is 13.8 Å². The van der Waals surface area contributed by atoms with Crippen LogP contribution in [0.25, 0.3) is 0 Å². The highest BCUT2D eigenvalue weighted by Gasteiger charge is 2.20. The number of hydrogen-bond acceptors (Lipinski definition) is 0. The SMILES string of the molecule is CC(C)[N+](C)(Cl)Cl. The van der Waals surface area contributed by atoms with Crippen LogP contribution in [0.15, 0.2) is 0 Å². The zero-order chi connectivity index (χ0) is 6.08. The Balaban J connectivity index is 3.54. The third-order valence-corrected chi connectivity index (χ3v) is 1.69. The van der Waals surface area contributed by atoms with Gasteiger partial charge >= 0.3 is 0 Å². The van der Waals surface area contributed by atoms with E-state index in [1.165, 1.54) is 0 Å². The van der Waals surface area contributed by atoms with E-state index < -0.39 is 0 Å². The first kappa shape index (κ1) is 7.54. The Bertz CT molecular complexity index is 55.2. The summed E-state index contributed by atoms with van der Waals surface area (Å²) in [4.78, 5) is 0. The van der Waals surface area contributed by atoms with Crippen LogP contribution in [0.3, 0.4) is 0 Å². The molecule has 1 nitrogen and oxygen atoms in total. The Hall–Kier alpha value is 0.540. The fraction of sp³-hybridized carbons (Fsp3) is 1.00. The van der Waals surface area contributed by atoms with Crippen LogP contribution in [0.5, 0.6) is 0 Å². The first-order valence-corrected chi connectivity index (χ1v) is 2.87. The zero-order valence-corrected chi connectivity index (χ0v) is 6.29. The van der Waals surface area contributed by atoms with Gasteiger partial charge in [-0.15, -0.1) is 3.52 Å². The van der Waals surface area contributed by atoms with E-state index in [4.69, 9.17) is 23.6 Å². The third-order valence-electron chi connectivity index (χ3n) is 0.907. The highest BCUT2D eigenvalue weighted by molar-refractivity contribution is 6.23. The molecule has 0 aromatic heterocycles. The fourth-order valence-electron chi connectivity index (χ4n) is 0. The van der Waals surface area contributed by atoms with E-state index in [-0.39, 0.29) is 9.56 Å². The molecule has 0 N–H and O–H groups in total. The second kappa shape index (κ2) is 2.21. The quantitative estimate of drug-likeness (QED) is 0.493. The minimum Gasteiger partial charge on any atom is -0.124 e. The molecule has 0 saturated carbocycles. The van der Waals surface area contributed by atoms with Gasteiger partial charge in [-0.05, 0) is 13.8 Å². The molecule has 0 amide bonds. The second-order valence-electron chi connectivity index (χ2n) is 1.95. The van der Waals surface area contributed by atoms with Crippen molar-refractivity contribution in [2.45, 2.75) is 19.9 Å². The van der Waals surface area contributed by atoms with Gasteiger partial charge in [0.2, 0.25) is 0 Å². The van der Waals surface area contributed by atoms with Crippen LogP contribution in [0, 0.1) is 0 Å². The summed E-state index contributed by atoms with van der Waals surface area (Å²) in [6.45, 7) is 3.92. The highest BCUT2D eigenvalue weighted by atomic mass is 35.5. The summed E-state index contributed by atoms with van der Waals surface area (Å²) in [7, 11) is 1.73. The predicted molar refractivity (Wildman–Crippen MR) is 33.0 cm³/mol. The van der Waals surface area contributed by atoms with Gasteiger partial charge in [0.1, 0.15) is 13.1 Å². The molecule has 7 heavy (non-hydrogen) atoms. The van der Waals surface area contributed by atoms with E-state index in [2.05, 4.69) is 0 Å². The lowest BCUT2D eigenvalue weighted by molar-refractivity contribution is -0.692. The monoisotopic (exact) mass is 142 g/mol. The topological polar surface area (TPSA) is 0 Å². The number of nitrogens with zero attached hydrogens (tertiary/aromatic N) is 1. The van der Waals surface area contributed by atoms with Gasteiger partial charge in [-0.2, -0.15) is 0 Å². The summed E-state index contributed by atoms with van der Waals surface area (Å²) in [5, 5.41) is 0. The molecule has 0 aliphatic carbocycles. The molecule has 0 aromatic carbocycles. The van der Waals surface area contributed by atoms with Crippen LogP contribution in [0.4, 0.5) is 0 Å². The molecular formula is C4H10Cl2N+. The minimum atomic E-state index is 0.000000000000000222. The molecular weight excluding hydrogens is 133 g/mol. The van der Waals surface area contributed by atoms with Gasteiger partial charge in [-0.25, -0.2) is 0 Å². The first-order chi connectivity index (χ1) is 2.94. The summed E-state index contributed by atoms with van der Waals surface area (Å²) >= 11 is 11.1. The first-order valence-electron chi connectivity index (χ1n) is 2.20. The van der Waals surface area contributed by atoms with Crippen molar-refractivity contribution in [2.24, 2.45) is 0 Å². The second-order valence-corrected chi connectivity index (χ2v) is 3.53. The Kier molecular flexibility index (Phi) is 2.38. The van der Waals surface area contributed by atoms with Gasteiger partial charge in [-0.1, -0.05) is 0 Å². The normalized spacial score (nSPS) is 12.9. The molecule has 0 aliphatic rings. The van der Waals surface area contributed by atoms with Gasteiger partial charge < -0.3 is 0 Å².